The highest BCUT2D eigenvalue weighted by Gasteiger charge is 2.38. The van der Waals surface area contributed by atoms with Crippen LogP contribution >= 0.6 is 12.4 Å². The monoisotopic (exact) mass is 343 g/mol. The molecule has 2 aliphatic rings. The van der Waals surface area contributed by atoms with Gasteiger partial charge < -0.3 is 10.1 Å². The maximum atomic E-state index is 12.3. The van der Waals surface area contributed by atoms with Gasteiger partial charge in [0.05, 0.1) is 13.2 Å². The molecule has 1 aromatic heterocycles. The quantitative estimate of drug-likeness (QED) is 0.698. The van der Waals surface area contributed by atoms with Crippen molar-refractivity contribution in [3.8, 4) is 0 Å². The van der Waals surface area contributed by atoms with Crippen LogP contribution in [-0.4, -0.2) is 46.3 Å². The molecule has 1 aliphatic carbocycles. The molecule has 0 aromatic carbocycles. The van der Waals surface area contributed by atoms with Crippen molar-refractivity contribution in [2.24, 2.45) is 5.92 Å². The molecule has 2 heterocycles. The summed E-state index contributed by atoms with van der Waals surface area (Å²) in [5, 5.41) is 12.6. The second-order valence-corrected chi connectivity index (χ2v) is 5.95. The molecule has 0 bridgehead atoms. The smallest absolute Gasteiger partial charge is 0.313 e. The van der Waals surface area contributed by atoms with Crippen LogP contribution in [0.1, 0.15) is 37.9 Å². The SMILES string of the molecule is COC(=O)Cc1nc(NC(=O)C2CC3CCCCC3N2)n[nH]1.Cl. The third-order valence-corrected chi connectivity index (χ3v) is 4.49. The van der Waals surface area contributed by atoms with E-state index in [4.69, 9.17) is 0 Å². The number of hydrogen-bond donors (Lipinski definition) is 3. The first-order valence-corrected chi connectivity index (χ1v) is 7.70. The van der Waals surface area contributed by atoms with Crippen LogP contribution in [0.15, 0.2) is 0 Å². The predicted molar refractivity (Wildman–Crippen MR) is 85.3 cm³/mol. The minimum atomic E-state index is -0.407. The van der Waals surface area contributed by atoms with Gasteiger partial charge in [0.2, 0.25) is 11.9 Å². The fraction of sp³-hybridized carbons (Fsp3) is 0.714. The fourth-order valence-corrected chi connectivity index (χ4v) is 3.36. The lowest BCUT2D eigenvalue weighted by atomic mass is 9.85. The Hall–Kier alpha value is -1.67. The summed E-state index contributed by atoms with van der Waals surface area (Å²) in [6.45, 7) is 0. The largest absolute Gasteiger partial charge is 0.469 e. The Labute approximate surface area is 140 Å². The second-order valence-electron chi connectivity index (χ2n) is 5.95. The van der Waals surface area contributed by atoms with Crippen LogP contribution in [0.4, 0.5) is 5.95 Å². The molecular formula is C14H22ClN5O3. The van der Waals surface area contributed by atoms with E-state index >= 15 is 0 Å². The number of hydrogen-bond acceptors (Lipinski definition) is 6. The third kappa shape index (κ3) is 4.20. The Kier molecular flexibility index (Phi) is 5.95. The number of esters is 1. The lowest BCUT2D eigenvalue weighted by Gasteiger charge is -2.24. The van der Waals surface area contributed by atoms with Gasteiger partial charge in [-0.2, -0.15) is 4.98 Å². The summed E-state index contributed by atoms with van der Waals surface area (Å²) in [4.78, 5) is 27.5. The number of fused-ring (bicyclic) bond motifs is 1. The molecule has 3 rings (SSSR count). The van der Waals surface area contributed by atoms with Gasteiger partial charge in [0.25, 0.3) is 0 Å². The highest BCUT2D eigenvalue weighted by atomic mass is 35.5. The van der Waals surface area contributed by atoms with Crippen LogP contribution in [-0.2, 0) is 20.7 Å². The molecule has 1 amide bonds. The molecule has 8 nitrogen and oxygen atoms in total. The van der Waals surface area contributed by atoms with E-state index < -0.39 is 5.97 Å². The second kappa shape index (κ2) is 7.74. The van der Waals surface area contributed by atoms with E-state index in [1.54, 1.807) is 0 Å². The van der Waals surface area contributed by atoms with Crippen LogP contribution < -0.4 is 10.6 Å². The molecule has 128 valence electrons. The molecule has 0 radical (unpaired) electrons. The van der Waals surface area contributed by atoms with Gasteiger partial charge in [-0.3, -0.25) is 20.0 Å². The van der Waals surface area contributed by atoms with Crippen molar-refractivity contribution in [3.05, 3.63) is 5.82 Å². The molecule has 1 aliphatic heterocycles. The van der Waals surface area contributed by atoms with E-state index in [1.165, 1.54) is 26.4 Å². The van der Waals surface area contributed by atoms with Gasteiger partial charge in [0.15, 0.2) is 0 Å². The average molecular weight is 344 g/mol. The molecule has 3 unspecified atom stereocenters. The van der Waals surface area contributed by atoms with Crippen molar-refractivity contribution >= 4 is 30.2 Å². The lowest BCUT2D eigenvalue weighted by molar-refractivity contribution is -0.139. The van der Waals surface area contributed by atoms with Crippen molar-refractivity contribution < 1.29 is 14.3 Å². The first kappa shape index (κ1) is 17.7. The highest BCUT2D eigenvalue weighted by Crippen LogP contribution is 2.33. The average Bonchev–Trinajstić information content (AvgIpc) is 3.13. The molecule has 3 atom stereocenters. The summed E-state index contributed by atoms with van der Waals surface area (Å²) in [7, 11) is 1.31. The summed E-state index contributed by atoms with van der Waals surface area (Å²) in [5.74, 6) is 0.649. The molecular weight excluding hydrogens is 322 g/mol. The number of amides is 1. The van der Waals surface area contributed by atoms with E-state index in [9.17, 15) is 9.59 Å². The minimum Gasteiger partial charge on any atom is -0.469 e. The number of H-pyrrole nitrogens is 1. The van der Waals surface area contributed by atoms with E-state index in [0.717, 1.165) is 12.8 Å². The van der Waals surface area contributed by atoms with E-state index in [2.05, 4.69) is 30.6 Å². The molecule has 1 saturated heterocycles. The van der Waals surface area contributed by atoms with Crippen molar-refractivity contribution in [2.45, 2.75) is 50.6 Å². The lowest BCUT2D eigenvalue weighted by Crippen LogP contribution is -2.40. The summed E-state index contributed by atoms with van der Waals surface area (Å²) in [5.41, 5.74) is 0. The normalized spacial score (nSPS) is 26.0. The van der Waals surface area contributed by atoms with Crippen molar-refractivity contribution in [3.63, 3.8) is 0 Å². The number of anilines is 1. The van der Waals surface area contributed by atoms with Crippen LogP contribution in [0.2, 0.25) is 0 Å². The zero-order valence-corrected chi connectivity index (χ0v) is 13.8. The molecule has 3 N–H and O–H groups in total. The molecule has 1 saturated carbocycles. The molecule has 9 heteroatoms. The first-order valence-electron chi connectivity index (χ1n) is 7.70. The number of methoxy groups -OCH3 is 1. The Bertz CT molecular complexity index is 550. The number of carbonyl (C=O) groups excluding carboxylic acids is 2. The molecule has 1 aromatic rings. The van der Waals surface area contributed by atoms with Crippen LogP contribution in [0, 0.1) is 5.92 Å². The maximum Gasteiger partial charge on any atom is 0.313 e. The number of carbonyl (C=O) groups is 2. The standard InChI is InChI=1S/C14H21N5O3.ClH/c1-22-12(20)7-11-16-14(19-18-11)17-13(21)10-6-8-4-2-3-5-9(8)15-10;/h8-10,15H,2-7H2,1H3,(H2,16,17,18,19,21);1H. The van der Waals surface area contributed by atoms with Gasteiger partial charge in [0, 0.05) is 6.04 Å². The number of nitrogens with zero attached hydrogens (tertiary/aromatic N) is 2. The number of aromatic amines is 1. The summed E-state index contributed by atoms with van der Waals surface area (Å²) < 4.78 is 4.56. The Morgan fingerprint density at radius 2 is 2.13 bits per heavy atom. The first-order chi connectivity index (χ1) is 10.7. The fourth-order valence-electron chi connectivity index (χ4n) is 3.36. The van der Waals surface area contributed by atoms with Gasteiger partial charge in [-0.25, -0.2) is 0 Å². The Morgan fingerprint density at radius 3 is 2.87 bits per heavy atom. The zero-order valence-electron chi connectivity index (χ0n) is 13.0. The van der Waals surface area contributed by atoms with Crippen molar-refractivity contribution in [1.82, 2.24) is 20.5 Å². The number of aromatic nitrogens is 3. The van der Waals surface area contributed by atoms with Crippen LogP contribution in [0.5, 0.6) is 0 Å². The van der Waals surface area contributed by atoms with Gasteiger partial charge >= 0.3 is 5.97 Å². The number of rotatable bonds is 4. The van der Waals surface area contributed by atoms with Crippen molar-refractivity contribution in [2.75, 3.05) is 12.4 Å². The summed E-state index contributed by atoms with van der Waals surface area (Å²) >= 11 is 0. The van der Waals surface area contributed by atoms with Gasteiger partial charge in [0.1, 0.15) is 12.2 Å². The number of ether oxygens (including phenoxy) is 1. The minimum absolute atomic E-state index is 0. The predicted octanol–water partition coefficient (Wildman–Crippen LogP) is 0.801. The molecule has 0 spiro atoms. The maximum absolute atomic E-state index is 12.3. The summed E-state index contributed by atoms with van der Waals surface area (Å²) in [6.07, 6.45) is 5.72. The Balaban J connectivity index is 0.00000192. The van der Waals surface area contributed by atoms with E-state index in [0.29, 0.717) is 17.8 Å². The summed E-state index contributed by atoms with van der Waals surface area (Å²) in [6, 6.07) is 0.280. The van der Waals surface area contributed by atoms with Gasteiger partial charge in [-0.15, -0.1) is 17.5 Å². The van der Waals surface area contributed by atoms with E-state index in [-0.39, 0.29) is 36.7 Å². The van der Waals surface area contributed by atoms with Gasteiger partial charge in [-0.1, -0.05) is 12.8 Å². The topological polar surface area (TPSA) is 109 Å². The number of halogens is 1. The zero-order chi connectivity index (χ0) is 15.5. The van der Waals surface area contributed by atoms with Crippen molar-refractivity contribution in [1.29, 1.82) is 0 Å². The number of nitrogens with one attached hydrogen (secondary N) is 3. The van der Waals surface area contributed by atoms with Crippen LogP contribution in [0.3, 0.4) is 0 Å². The van der Waals surface area contributed by atoms with Crippen LogP contribution in [0.25, 0.3) is 0 Å². The van der Waals surface area contributed by atoms with Gasteiger partial charge in [-0.05, 0) is 25.2 Å². The third-order valence-electron chi connectivity index (χ3n) is 4.49. The Morgan fingerprint density at radius 1 is 1.35 bits per heavy atom. The molecule has 2 fully saturated rings. The van der Waals surface area contributed by atoms with E-state index in [1.807, 2.05) is 0 Å². The highest BCUT2D eigenvalue weighted by molar-refractivity contribution is 5.93. The molecule has 23 heavy (non-hydrogen) atoms.